The van der Waals surface area contributed by atoms with Gasteiger partial charge in [-0.05, 0) is 66.0 Å². The van der Waals surface area contributed by atoms with Crippen LogP contribution in [0, 0.1) is 0 Å². The summed E-state index contributed by atoms with van der Waals surface area (Å²) >= 11 is 10.1. The Morgan fingerprint density at radius 1 is 1.17 bits per heavy atom. The fourth-order valence-corrected chi connectivity index (χ4v) is 2.50. The number of hydrogen-bond acceptors (Lipinski definition) is 3. The van der Waals surface area contributed by atoms with Crippen LogP contribution >= 0.6 is 47.8 Å². The zero-order valence-electron chi connectivity index (χ0n) is 9.47. The van der Waals surface area contributed by atoms with Gasteiger partial charge >= 0.3 is 0 Å². The summed E-state index contributed by atoms with van der Waals surface area (Å²) < 4.78 is 13.3. The van der Waals surface area contributed by atoms with Crippen LogP contribution in [0.1, 0.15) is 5.76 Å². The molecule has 0 aliphatic carbocycles. The lowest BCUT2D eigenvalue weighted by Gasteiger charge is -2.08. The molecule has 0 unspecified atom stereocenters. The Hall–Kier alpha value is -0.460. The van der Waals surface area contributed by atoms with Gasteiger partial charge in [-0.2, -0.15) is 0 Å². The highest BCUT2D eigenvalue weighted by molar-refractivity contribution is 9.13. The average molecular weight is 440 g/mol. The average Bonchev–Trinajstić information content (AvgIpc) is 2.68. The van der Waals surface area contributed by atoms with Crippen LogP contribution in [0.4, 0.5) is 5.69 Å². The fraction of sp³-hybridized carbons (Fsp3) is 0.167. The Bertz CT molecular complexity index is 535. The van der Waals surface area contributed by atoms with Crippen molar-refractivity contribution in [1.82, 2.24) is 0 Å². The molecule has 0 spiro atoms. The largest absolute Gasteiger partial charge is 0.495 e. The lowest BCUT2D eigenvalue weighted by Crippen LogP contribution is -1.98. The molecule has 1 N–H and O–H groups in total. The lowest BCUT2D eigenvalue weighted by atomic mass is 10.3. The Morgan fingerprint density at radius 2 is 1.94 bits per heavy atom. The number of halogens is 3. The molecular formula is C12H10Br3NO2. The van der Waals surface area contributed by atoms with Crippen molar-refractivity contribution in [3.63, 3.8) is 0 Å². The summed E-state index contributed by atoms with van der Waals surface area (Å²) in [6.07, 6.45) is 0. The normalized spacial score (nSPS) is 10.4. The Kier molecular flexibility index (Phi) is 4.75. The zero-order chi connectivity index (χ0) is 13.1. The molecular weight excluding hydrogens is 430 g/mol. The number of furan rings is 1. The molecule has 96 valence electrons. The molecule has 0 saturated heterocycles. The topological polar surface area (TPSA) is 34.4 Å². The van der Waals surface area contributed by atoms with E-state index in [1.807, 2.05) is 24.3 Å². The summed E-state index contributed by atoms with van der Waals surface area (Å²) in [5.41, 5.74) is 0.971. The van der Waals surface area contributed by atoms with Crippen LogP contribution in [0.3, 0.4) is 0 Å². The molecule has 18 heavy (non-hydrogen) atoms. The molecule has 2 rings (SSSR count). The summed E-state index contributed by atoms with van der Waals surface area (Å²) in [5.74, 6) is 1.64. The first-order valence-corrected chi connectivity index (χ1v) is 7.49. The van der Waals surface area contributed by atoms with Gasteiger partial charge < -0.3 is 14.5 Å². The van der Waals surface area contributed by atoms with Gasteiger partial charge in [0.1, 0.15) is 11.5 Å². The van der Waals surface area contributed by atoms with Crippen LogP contribution in [-0.2, 0) is 6.54 Å². The van der Waals surface area contributed by atoms with Gasteiger partial charge in [0.05, 0.1) is 22.6 Å². The number of anilines is 1. The maximum Gasteiger partial charge on any atom is 0.183 e. The number of rotatable bonds is 4. The van der Waals surface area contributed by atoms with Crippen molar-refractivity contribution in [3.8, 4) is 5.75 Å². The maximum absolute atomic E-state index is 5.48. The lowest BCUT2D eigenvalue weighted by molar-refractivity contribution is 0.412. The molecule has 1 aromatic heterocycles. The first kappa shape index (κ1) is 14.0. The van der Waals surface area contributed by atoms with E-state index in [0.717, 1.165) is 26.1 Å². The highest BCUT2D eigenvalue weighted by atomic mass is 79.9. The molecule has 0 fully saturated rings. The third-order valence-corrected chi connectivity index (χ3v) is 4.68. The molecule has 0 aliphatic rings. The quantitative estimate of drug-likeness (QED) is 0.712. The standard InChI is InChI=1S/C12H10Br3NO2/c1-17-11-4-7(2-3-9(11)13)16-6-8-5-10(14)12(15)18-8/h2-5,16H,6H2,1H3. The molecule has 0 bridgehead atoms. The molecule has 1 aromatic carbocycles. The second-order valence-electron chi connectivity index (χ2n) is 3.54. The molecule has 3 nitrogen and oxygen atoms in total. The molecule has 1 heterocycles. The van der Waals surface area contributed by atoms with Crippen molar-refractivity contribution < 1.29 is 9.15 Å². The van der Waals surface area contributed by atoms with Crippen molar-refractivity contribution in [2.75, 3.05) is 12.4 Å². The summed E-state index contributed by atoms with van der Waals surface area (Å²) in [6, 6.07) is 7.76. The molecule has 0 radical (unpaired) electrons. The second-order valence-corrected chi connectivity index (χ2v) is 5.97. The number of ether oxygens (including phenoxy) is 1. The number of nitrogens with one attached hydrogen (secondary N) is 1. The molecule has 0 atom stereocenters. The van der Waals surface area contributed by atoms with Crippen LogP contribution in [0.5, 0.6) is 5.75 Å². The van der Waals surface area contributed by atoms with Crippen LogP contribution in [0.25, 0.3) is 0 Å². The summed E-state index contributed by atoms with van der Waals surface area (Å²) in [5, 5.41) is 3.27. The smallest absolute Gasteiger partial charge is 0.183 e. The van der Waals surface area contributed by atoms with Gasteiger partial charge in [0.15, 0.2) is 4.67 Å². The van der Waals surface area contributed by atoms with Crippen molar-refractivity contribution in [1.29, 1.82) is 0 Å². The summed E-state index contributed by atoms with van der Waals surface area (Å²) in [7, 11) is 1.64. The van der Waals surface area contributed by atoms with Gasteiger partial charge in [-0.15, -0.1) is 0 Å². The Balaban J connectivity index is 2.06. The molecule has 0 saturated carbocycles. The van der Waals surface area contributed by atoms with Crippen molar-refractivity contribution in [2.45, 2.75) is 6.54 Å². The molecule has 0 aliphatic heterocycles. The van der Waals surface area contributed by atoms with E-state index in [1.54, 1.807) is 7.11 Å². The molecule has 0 amide bonds. The van der Waals surface area contributed by atoms with E-state index < -0.39 is 0 Å². The minimum Gasteiger partial charge on any atom is -0.495 e. The van der Waals surface area contributed by atoms with Gasteiger partial charge in [0, 0.05) is 11.8 Å². The Morgan fingerprint density at radius 3 is 2.56 bits per heavy atom. The van der Waals surface area contributed by atoms with E-state index in [-0.39, 0.29) is 0 Å². The molecule has 2 aromatic rings. The van der Waals surface area contributed by atoms with Crippen LogP contribution < -0.4 is 10.1 Å². The van der Waals surface area contributed by atoms with E-state index in [0.29, 0.717) is 11.2 Å². The first-order chi connectivity index (χ1) is 8.60. The predicted octanol–water partition coefficient (Wildman–Crippen LogP) is 5.19. The van der Waals surface area contributed by atoms with E-state index >= 15 is 0 Å². The molecule has 6 heteroatoms. The van der Waals surface area contributed by atoms with Gasteiger partial charge in [-0.1, -0.05) is 0 Å². The Labute approximate surface area is 130 Å². The minimum absolute atomic E-state index is 0.606. The van der Waals surface area contributed by atoms with Gasteiger partial charge in [0.2, 0.25) is 0 Å². The number of hydrogen-bond donors (Lipinski definition) is 1. The van der Waals surface area contributed by atoms with Crippen molar-refractivity contribution in [2.24, 2.45) is 0 Å². The van der Waals surface area contributed by atoms with Crippen molar-refractivity contribution >= 4 is 53.5 Å². The first-order valence-electron chi connectivity index (χ1n) is 5.11. The van der Waals surface area contributed by atoms with Crippen molar-refractivity contribution in [3.05, 3.63) is 43.6 Å². The van der Waals surface area contributed by atoms with Crippen LogP contribution in [0.2, 0.25) is 0 Å². The van der Waals surface area contributed by atoms with Gasteiger partial charge in [-0.25, -0.2) is 0 Å². The van der Waals surface area contributed by atoms with E-state index in [4.69, 9.17) is 9.15 Å². The second kappa shape index (κ2) is 6.12. The maximum atomic E-state index is 5.48. The highest BCUT2D eigenvalue weighted by Gasteiger charge is 2.06. The minimum atomic E-state index is 0.606. The summed E-state index contributed by atoms with van der Waals surface area (Å²) in [6.45, 7) is 0.606. The number of methoxy groups -OCH3 is 1. The van der Waals surface area contributed by atoms with E-state index in [9.17, 15) is 0 Å². The van der Waals surface area contributed by atoms with E-state index in [2.05, 4.69) is 53.1 Å². The SMILES string of the molecule is COc1cc(NCc2cc(Br)c(Br)o2)ccc1Br. The fourth-order valence-electron chi connectivity index (χ4n) is 1.44. The monoisotopic (exact) mass is 437 g/mol. The third-order valence-electron chi connectivity index (χ3n) is 2.31. The summed E-state index contributed by atoms with van der Waals surface area (Å²) in [4.78, 5) is 0. The number of benzene rings is 1. The third kappa shape index (κ3) is 3.30. The van der Waals surface area contributed by atoms with Crippen LogP contribution in [-0.4, -0.2) is 7.11 Å². The van der Waals surface area contributed by atoms with Crippen LogP contribution in [0.15, 0.2) is 42.3 Å². The zero-order valence-corrected chi connectivity index (χ0v) is 14.2. The van der Waals surface area contributed by atoms with E-state index in [1.165, 1.54) is 0 Å². The highest BCUT2D eigenvalue weighted by Crippen LogP contribution is 2.29. The van der Waals surface area contributed by atoms with Gasteiger partial charge in [0.25, 0.3) is 0 Å². The van der Waals surface area contributed by atoms with Gasteiger partial charge in [-0.3, -0.25) is 0 Å². The predicted molar refractivity (Wildman–Crippen MR) is 82.1 cm³/mol.